The normalized spacial score (nSPS) is 18.8. The molecule has 150 valence electrons. The lowest BCUT2D eigenvalue weighted by Gasteiger charge is -2.13. The van der Waals surface area contributed by atoms with Gasteiger partial charge in [-0.2, -0.15) is 13.4 Å². The van der Waals surface area contributed by atoms with Crippen LogP contribution < -0.4 is 8.92 Å². The monoisotopic (exact) mass is 435 g/mol. The molecule has 1 N–H and O–H groups in total. The summed E-state index contributed by atoms with van der Waals surface area (Å²) in [7, 11) is -4.61. The molecule has 2 aromatic rings. The van der Waals surface area contributed by atoms with Gasteiger partial charge < -0.3 is 13.5 Å². The van der Waals surface area contributed by atoms with Crippen LogP contribution in [0.15, 0.2) is 46.3 Å². The van der Waals surface area contributed by atoms with Crippen molar-refractivity contribution in [3.63, 3.8) is 0 Å². The Morgan fingerprint density at radius 2 is 1.90 bits per heavy atom. The van der Waals surface area contributed by atoms with Crippen LogP contribution in [0.5, 0.6) is 11.5 Å². The molecule has 0 amide bonds. The highest BCUT2D eigenvalue weighted by Crippen LogP contribution is 2.58. The van der Waals surface area contributed by atoms with Crippen molar-refractivity contribution in [3.8, 4) is 17.8 Å². The second-order valence-corrected chi connectivity index (χ2v) is 7.99. The maximum atomic E-state index is 11.8. The summed E-state index contributed by atoms with van der Waals surface area (Å²) >= 11 is -2.88. The summed E-state index contributed by atoms with van der Waals surface area (Å²) in [5, 5.41) is 8.58. The van der Waals surface area contributed by atoms with Crippen molar-refractivity contribution in [2.45, 2.75) is 23.2 Å². The molecule has 0 radical (unpaired) electrons. The van der Waals surface area contributed by atoms with Gasteiger partial charge in [0, 0.05) is 12.1 Å². The second-order valence-electron chi connectivity index (χ2n) is 6.03. The molecule has 12 heteroatoms. The molecule has 1 saturated carbocycles. The Balaban J connectivity index is 2.00. The number of benzene rings is 2. The second kappa shape index (κ2) is 8.12. The van der Waals surface area contributed by atoms with Gasteiger partial charge in [-0.3, -0.25) is 4.55 Å². The van der Waals surface area contributed by atoms with Crippen molar-refractivity contribution in [2.24, 2.45) is 4.99 Å². The van der Waals surface area contributed by atoms with Crippen molar-refractivity contribution in [1.82, 2.24) is 0 Å². The summed E-state index contributed by atoms with van der Waals surface area (Å²) in [5.41, 5.74) is 0.882. The van der Waals surface area contributed by atoms with Gasteiger partial charge >= 0.3 is 0 Å². The number of rotatable bonds is 7. The number of hydrogen-bond acceptors (Lipinski definition) is 9. The topological polar surface area (TPSA) is 166 Å². The zero-order valence-corrected chi connectivity index (χ0v) is 16.0. The van der Waals surface area contributed by atoms with Gasteiger partial charge in [-0.1, -0.05) is 12.1 Å². The molecular formula is C17H11N2O8S2-. The Kier molecular flexibility index (Phi) is 5.78. The van der Waals surface area contributed by atoms with E-state index < -0.39 is 26.4 Å². The summed E-state index contributed by atoms with van der Waals surface area (Å²) in [6.07, 6.45) is 3.20. The Morgan fingerprint density at radius 1 is 1.21 bits per heavy atom. The molecule has 10 nitrogen and oxygen atoms in total. The van der Waals surface area contributed by atoms with Crippen molar-refractivity contribution in [2.75, 3.05) is 0 Å². The first kappa shape index (κ1) is 20.7. The maximum Gasteiger partial charge on any atom is 0.294 e. The maximum absolute atomic E-state index is 11.8. The molecule has 1 aliphatic rings. The molecule has 3 unspecified atom stereocenters. The first-order valence-electron chi connectivity index (χ1n) is 7.91. The first-order chi connectivity index (χ1) is 13.7. The van der Waals surface area contributed by atoms with E-state index in [1.807, 2.05) is 0 Å². The van der Waals surface area contributed by atoms with Gasteiger partial charge in [0.15, 0.2) is 0 Å². The van der Waals surface area contributed by atoms with Crippen molar-refractivity contribution < 1.29 is 35.4 Å². The molecule has 2 aromatic carbocycles. The van der Waals surface area contributed by atoms with Crippen LogP contribution in [0.4, 0.5) is 5.69 Å². The van der Waals surface area contributed by atoms with E-state index in [9.17, 15) is 26.5 Å². The third kappa shape index (κ3) is 4.68. The zero-order chi connectivity index (χ0) is 21.2. The summed E-state index contributed by atoms with van der Waals surface area (Å²) in [6, 6.07) is 8.06. The average molecular weight is 435 g/mol. The summed E-state index contributed by atoms with van der Waals surface area (Å²) in [4.78, 5) is 13.4. The Hall–Kier alpha value is -3.07. The first-order valence-corrected chi connectivity index (χ1v) is 10.4. The van der Waals surface area contributed by atoms with Crippen molar-refractivity contribution in [1.29, 1.82) is 5.26 Å². The summed E-state index contributed by atoms with van der Waals surface area (Å²) in [5.74, 6) is -0.792. The van der Waals surface area contributed by atoms with Gasteiger partial charge in [0.2, 0.25) is 6.08 Å². The van der Waals surface area contributed by atoms with Gasteiger partial charge in [-0.05, 0) is 41.5 Å². The molecule has 0 saturated heterocycles. The Morgan fingerprint density at radius 3 is 2.52 bits per heavy atom. The number of nitrogens with zero attached hydrogens (tertiary/aromatic N) is 2. The molecule has 1 fully saturated rings. The average Bonchev–Trinajstić information content (AvgIpc) is 3.41. The minimum atomic E-state index is -4.61. The van der Waals surface area contributed by atoms with Gasteiger partial charge in [0.25, 0.3) is 16.4 Å². The van der Waals surface area contributed by atoms with Gasteiger partial charge in [0.1, 0.15) is 27.8 Å². The molecular weight excluding hydrogens is 424 g/mol. The smallest absolute Gasteiger partial charge is 0.294 e. The van der Waals surface area contributed by atoms with Gasteiger partial charge in [0.05, 0.1) is 5.69 Å². The number of ether oxygens (including phenoxy) is 1. The molecule has 1 aliphatic carbocycles. The van der Waals surface area contributed by atoms with E-state index in [2.05, 4.69) is 9.73 Å². The fourth-order valence-electron chi connectivity index (χ4n) is 3.14. The molecule has 3 atom stereocenters. The summed E-state index contributed by atoms with van der Waals surface area (Å²) < 4.78 is 64.4. The van der Waals surface area contributed by atoms with Crippen LogP contribution in [0.1, 0.15) is 29.4 Å². The molecule has 0 aliphatic heterocycles. The van der Waals surface area contributed by atoms with Crippen LogP contribution in [-0.4, -0.2) is 27.8 Å². The lowest BCUT2D eigenvalue weighted by Crippen LogP contribution is -2.04. The highest BCUT2D eigenvalue weighted by Gasteiger charge is 2.43. The minimum absolute atomic E-state index is 0.0528. The van der Waals surface area contributed by atoms with Crippen LogP contribution in [0.2, 0.25) is 0 Å². The van der Waals surface area contributed by atoms with Gasteiger partial charge in [-0.15, -0.1) is 5.26 Å². The van der Waals surface area contributed by atoms with E-state index in [0.29, 0.717) is 12.0 Å². The van der Waals surface area contributed by atoms with Crippen LogP contribution in [0.3, 0.4) is 0 Å². The molecule has 3 rings (SSSR count). The fraction of sp³-hybridized carbons (Fsp3) is 0.176. The molecule has 0 aromatic heterocycles. The van der Waals surface area contributed by atoms with Crippen LogP contribution in [0, 0.1) is 11.5 Å². The van der Waals surface area contributed by atoms with E-state index >= 15 is 0 Å². The van der Waals surface area contributed by atoms with E-state index in [-0.39, 0.29) is 34.6 Å². The molecule has 0 bridgehead atoms. The number of nitriles is 1. The van der Waals surface area contributed by atoms with E-state index in [1.54, 1.807) is 0 Å². The predicted octanol–water partition coefficient (Wildman–Crippen LogP) is 2.20. The zero-order valence-electron chi connectivity index (χ0n) is 14.3. The standard InChI is InChI=1S/C17H12N2O8S2/c18-8-26-11-2-4-13(17(6-11)29(23,24)25)15-7-14(15)12-3-1-10(19-9-20)5-16(12)27-28(21)22/h1-6,14-15H,7H2,(H,21,22)(H,23,24,25)/p-1. The highest BCUT2D eigenvalue weighted by molar-refractivity contribution is 7.85. The van der Waals surface area contributed by atoms with E-state index in [0.717, 1.165) is 6.07 Å². The largest absolute Gasteiger partial charge is 0.740 e. The highest BCUT2D eigenvalue weighted by atomic mass is 32.2. The molecule has 29 heavy (non-hydrogen) atoms. The number of isocyanates is 1. The van der Waals surface area contributed by atoms with Crippen LogP contribution >= 0.6 is 0 Å². The predicted molar refractivity (Wildman–Crippen MR) is 96.4 cm³/mol. The quantitative estimate of drug-likeness (QED) is 0.225. The Bertz CT molecular complexity index is 1180. The third-order valence-electron chi connectivity index (χ3n) is 4.35. The number of aliphatic imine (C=N–C) groups is 1. The SMILES string of the molecule is N#COc1ccc(C2CC2c2ccc(N=C=O)cc2OS(=O)[O-])c(S(=O)(=O)O)c1. The fourth-order valence-corrected chi connectivity index (χ4v) is 4.21. The molecule has 0 heterocycles. The van der Waals surface area contributed by atoms with E-state index in [4.69, 9.17) is 9.44 Å². The lowest BCUT2D eigenvalue weighted by molar-refractivity contribution is 0.438. The number of carbonyl (C=O) groups excluding carboxylic acids is 1. The lowest BCUT2D eigenvalue weighted by atomic mass is 10.0. The van der Waals surface area contributed by atoms with Crippen LogP contribution in [0.25, 0.3) is 0 Å². The van der Waals surface area contributed by atoms with Crippen molar-refractivity contribution >= 4 is 33.2 Å². The van der Waals surface area contributed by atoms with E-state index in [1.165, 1.54) is 42.7 Å². The Labute approximate surface area is 167 Å². The summed E-state index contributed by atoms with van der Waals surface area (Å²) in [6.45, 7) is 0. The minimum Gasteiger partial charge on any atom is -0.740 e. The molecule has 0 spiro atoms. The third-order valence-corrected chi connectivity index (χ3v) is 5.57. The van der Waals surface area contributed by atoms with Gasteiger partial charge in [-0.25, -0.2) is 9.00 Å². The number of hydrogen-bond donors (Lipinski definition) is 1. The van der Waals surface area contributed by atoms with Crippen LogP contribution in [-0.2, 0) is 26.3 Å². The van der Waals surface area contributed by atoms with Crippen molar-refractivity contribution in [3.05, 3.63) is 47.5 Å².